The number of carbonyl (C=O) groups is 4. The van der Waals surface area contributed by atoms with Crippen LogP contribution in [0.4, 0.5) is 52.7 Å². The molecule has 0 spiro atoms. The minimum Gasteiger partial charge on any atom is -1.00 e. The molecular weight excluding hydrogens is 1010 g/mol. The van der Waals surface area contributed by atoms with Crippen LogP contribution in [-0.2, 0) is 78.3 Å². The maximum atomic E-state index is 11.7. The molecule has 0 amide bonds. The summed E-state index contributed by atoms with van der Waals surface area (Å²) in [5, 5.41) is 0. The maximum Gasteiger partial charge on any atom is 1.00 e. The van der Waals surface area contributed by atoms with Gasteiger partial charge in [-0.15, -0.1) is 77.9 Å². The van der Waals surface area contributed by atoms with Crippen molar-refractivity contribution in [2.45, 2.75) is 109 Å². The molecule has 0 rings (SSSR count). The molecule has 0 saturated carbocycles. The molecule has 0 fully saturated rings. The summed E-state index contributed by atoms with van der Waals surface area (Å²) < 4.78 is 224. The van der Waals surface area contributed by atoms with Gasteiger partial charge in [-0.2, -0.15) is 0 Å². The monoisotopic (exact) mass is 1060 g/mol. The van der Waals surface area contributed by atoms with Crippen LogP contribution in [-0.4, -0.2) is 127 Å². The zero-order valence-electron chi connectivity index (χ0n) is 36.3. The van der Waals surface area contributed by atoms with Gasteiger partial charge in [0.25, 0.3) is 5.97 Å². The average molecular weight is 1060 g/mol. The van der Waals surface area contributed by atoms with Crippen LogP contribution in [0.15, 0.2) is 12.2 Å². The number of hydrogen-bond acceptors (Lipinski definition) is 18. The molecule has 0 unspecified atom stereocenters. The molecule has 0 atom stereocenters. The van der Waals surface area contributed by atoms with E-state index in [-0.39, 0.29) is 119 Å². The standard InChI is InChI=1S/C16H23F6O6.C16H22F6O6.2Na.2O3S.H/c2*17-15(18,19)27-11-5-1-3-9-25-13(23)7-8-14(24)26-10-4-2-6-12-28-16(20,21)22;;;2*1-4(2)3;/h7H,1-6,8-12H2;7-8H,1-6,9-12H2;;;;;/q-1;;2*+1;;;-1/b;8-7-;;;;;. The number of halogens is 12. The Labute approximate surface area is 418 Å². The Morgan fingerprint density at radius 3 is 0.879 bits per heavy atom. The molecule has 66 heavy (non-hydrogen) atoms. The van der Waals surface area contributed by atoms with Crippen molar-refractivity contribution in [2.75, 3.05) is 52.9 Å². The maximum absolute atomic E-state index is 11.7. The van der Waals surface area contributed by atoms with Crippen molar-refractivity contribution in [2.24, 2.45) is 0 Å². The van der Waals surface area contributed by atoms with Crippen molar-refractivity contribution >= 4 is 45.1 Å². The molecule has 0 bridgehead atoms. The Kier molecular flexibility index (Phi) is 53.0. The zero-order chi connectivity index (χ0) is 50.1. The summed E-state index contributed by atoms with van der Waals surface area (Å²) in [5.74, 6) is -3.07. The van der Waals surface area contributed by atoms with Crippen molar-refractivity contribution in [1.82, 2.24) is 0 Å². The van der Waals surface area contributed by atoms with Crippen LogP contribution in [0.3, 0.4) is 0 Å². The number of hydrogen-bond donors (Lipinski definition) is 0. The van der Waals surface area contributed by atoms with E-state index < -0.39 is 97.0 Å². The van der Waals surface area contributed by atoms with E-state index in [1.165, 1.54) is 0 Å². The SMILES string of the molecule is O=C(/C=C\C(=O)OCCCCCOC(F)(F)F)OCCCCCOC(F)(F)F.O=C([CH-]CC(=O)OCCCCCOC(F)(F)F)OCCCCCOC(F)(F)F.O=S(=O)=O.O=S(=O)=O.[H-].[Na+].[Na+]. The smallest absolute Gasteiger partial charge is 1.00 e. The van der Waals surface area contributed by atoms with E-state index in [0.29, 0.717) is 51.4 Å². The Bertz CT molecular complexity index is 1400. The van der Waals surface area contributed by atoms with Gasteiger partial charge in [-0.1, -0.05) is 6.42 Å². The van der Waals surface area contributed by atoms with Crippen LogP contribution in [0, 0.1) is 6.42 Å². The molecule has 0 aromatic rings. The molecule has 0 saturated heterocycles. The third-order valence-corrected chi connectivity index (χ3v) is 6.00. The molecule has 0 radical (unpaired) electrons. The van der Waals surface area contributed by atoms with Gasteiger partial charge >= 0.3 is 118 Å². The molecule has 380 valence electrons. The van der Waals surface area contributed by atoms with Crippen molar-refractivity contribution < 1.29 is 196 Å². The van der Waals surface area contributed by atoms with Crippen molar-refractivity contribution in [3.05, 3.63) is 18.6 Å². The van der Waals surface area contributed by atoms with Gasteiger partial charge in [-0.25, -0.2) is 9.59 Å². The molecule has 0 heterocycles. The molecule has 0 aromatic heterocycles. The van der Waals surface area contributed by atoms with E-state index >= 15 is 0 Å². The minimum absolute atomic E-state index is 0. The second-order valence-electron chi connectivity index (χ2n) is 11.3. The second-order valence-corrected chi connectivity index (χ2v) is 12.1. The van der Waals surface area contributed by atoms with Gasteiger partial charge in [0.05, 0.1) is 52.9 Å². The topological polar surface area (TPSA) is 245 Å². The van der Waals surface area contributed by atoms with Crippen molar-refractivity contribution in [3.63, 3.8) is 0 Å². The zero-order valence-corrected chi connectivity index (χ0v) is 40.9. The summed E-state index contributed by atoms with van der Waals surface area (Å²) >= 11 is 0. The predicted molar refractivity (Wildman–Crippen MR) is 186 cm³/mol. The van der Waals surface area contributed by atoms with Crippen LogP contribution in [0.2, 0.25) is 0 Å². The Morgan fingerprint density at radius 1 is 0.394 bits per heavy atom. The summed E-state index contributed by atoms with van der Waals surface area (Å²) in [7, 11) is -6.22. The van der Waals surface area contributed by atoms with Crippen LogP contribution in [0.25, 0.3) is 0 Å². The first kappa shape index (κ1) is 75.2. The Morgan fingerprint density at radius 2 is 0.621 bits per heavy atom. The largest absolute Gasteiger partial charge is 1.00 e. The molecule has 0 aromatic carbocycles. The number of rotatable bonds is 29. The van der Waals surface area contributed by atoms with Gasteiger partial charge in [0.2, 0.25) is 0 Å². The summed E-state index contributed by atoms with van der Waals surface area (Å²) in [6.07, 6.45) is -12.8. The third kappa shape index (κ3) is 85.1. The van der Waals surface area contributed by atoms with E-state index in [0.717, 1.165) is 18.6 Å². The first-order chi connectivity index (χ1) is 29.5. The van der Waals surface area contributed by atoms with Gasteiger partial charge < -0.3 is 20.4 Å². The van der Waals surface area contributed by atoms with Gasteiger partial charge in [-0.05, 0) is 77.0 Å². The molecule has 0 aliphatic rings. The number of esters is 4. The van der Waals surface area contributed by atoms with E-state index in [9.17, 15) is 71.9 Å². The fourth-order valence-electron chi connectivity index (χ4n) is 3.50. The molecule has 0 aliphatic carbocycles. The number of ether oxygens (including phenoxy) is 8. The fourth-order valence-corrected chi connectivity index (χ4v) is 3.50. The minimum atomic E-state index is -4.66. The van der Waals surface area contributed by atoms with Gasteiger partial charge in [0.15, 0.2) is 5.97 Å². The second kappa shape index (κ2) is 46.5. The van der Waals surface area contributed by atoms with E-state index in [4.69, 9.17) is 44.2 Å². The average Bonchev–Trinajstić information content (AvgIpc) is 3.12. The number of unbranched alkanes of at least 4 members (excludes halogenated alkanes) is 8. The van der Waals surface area contributed by atoms with Crippen LogP contribution < -0.4 is 59.1 Å². The molecule has 0 aliphatic heterocycles. The van der Waals surface area contributed by atoms with E-state index in [1.807, 2.05) is 0 Å². The van der Waals surface area contributed by atoms with Gasteiger partial charge in [0.1, 0.15) is 0 Å². The normalized spacial score (nSPS) is 11.0. The Balaban J connectivity index is -0.000000178. The summed E-state index contributed by atoms with van der Waals surface area (Å²) in [6, 6.07) is 0. The van der Waals surface area contributed by atoms with Crippen LogP contribution in [0.5, 0.6) is 0 Å². The van der Waals surface area contributed by atoms with Crippen LogP contribution in [0.1, 0.15) is 84.9 Å². The number of carbonyl (C=O) groups excluding carboxylic acids is 4. The van der Waals surface area contributed by atoms with E-state index in [1.54, 1.807) is 0 Å². The summed E-state index contributed by atoms with van der Waals surface area (Å²) in [5.41, 5.74) is 0. The quantitative estimate of drug-likeness (QED) is 0.0185. The number of alkyl halides is 12. The third-order valence-electron chi connectivity index (χ3n) is 6.00. The van der Waals surface area contributed by atoms with Gasteiger partial charge in [-0.3, -0.25) is 35.0 Å². The first-order valence-electron chi connectivity index (χ1n) is 18.0. The summed E-state index contributed by atoms with van der Waals surface area (Å²) in [6.45, 7) is -1.92. The molecule has 0 N–H and O–H groups in total. The Hall–Kier alpha value is -2.27. The fraction of sp³-hybridized carbons (Fsp3) is 0.781. The molecular formula is C32H46F12Na2O18S2. The van der Waals surface area contributed by atoms with Crippen LogP contribution >= 0.6 is 0 Å². The summed E-state index contributed by atoms with van der Waals surface area (Å²) in [4.78, 5) is 45.3. The molecule has 18 nitrogen and oxygen atoms in total. The van der Waals surface area contributed by atoms with E-state index in [2.05, 4.69) is 18.9 Å². The molecule has 34 heteroatoms. The first-order valence-corrected chi connectivity index (χ1v) is 20.0. The van der Waals surface area contributed by atoms with Crippen molar-refractivity contribution in [1.29, 1.82) is 0 Å². The predicted octanol–water partition coefficient (Wildman–Crippen LogP) is 0.235. The van der Waals surface area contributed by atoms with Crippen molar-refractivity contribution in [3.8, 4) is 0 Å². The van der Waals surface area contributed by atoms with Gasteiger partial charge in [0, 0.05) is 12.2 Å².